The van der Waals surface area contributed by atoms with Gasteiger partial charge in [-0.1, -0.05) is 19.8 Å². The van der Waals surface area contributed by atoms with Crippen molar-refractivity contribution in [3.8, 4) is 0 Å². The van der Waals surface area contributed by atoms with Gasteiger partial charge in [-0.25, -0.2) is 0 Å². The zero-order valence-corrected chi connectivity index (χ0v) is 13.8. The molecular weight excluding hydrogens is 357 g/mol. The van der Waals surface area contributed by atoms with E-state index in [1.54, 1.807) is 0 Å². The van der Waals surface area contributed by atoms with Crippen LogP contribution in [0.1, 0.15) is 33.1 Å². The van der Waals surface area contributed by atoms with E-state index in [9.17, 15) is 0 Å². The van der Waals surface area contributed by atoms with Gasteiger partial charge in [-0.05, 0) is 25.7 Å². The molecule has 1 N–H and O–H groups in total. The molecule has 0 unspecified atom stereocenters. The molecule has 0 aliphatic heterocycles. The van der Waals surface area contributed by atoms with Crippen molar-refractivity contribution >= 4 is 5.97 Å². The second kappa shape index (κ2) is 8.94. The molecule has 0 spiro atoms. The van der Waals surface area contributed by atoms with E-state index in [0.29, 0.717) is 5.92 Å². The molecule has 2 radical (unpaired) electrons. The van der Waals surface area contributed by atoms with Gasteiger partial charge >= 0.3 is 27.7 Å². The average Bonchev–Trinajstić information content (AvgIpc) is 1.84. The summed E-state index contributed by atoms with van der Waals surface area (Å²) in [4.78, 5) is 8.89. The standard InChI is InChI=1S/C7H13O.C2H4O2.Hg/c1-6-3-2-4-7(8)5-6;1-2(3)4;/h5-8H,2-4H2,1H3;1H3,(H,3,4);/q;;+1/p-1/t6-,7+;;/m1../s1. The van der Waals surface area contributed by atoms with E-state index in [2.05, 4.69) is 6.92 Å². The zero-order valence-electron chi connectivity index (χ0n) is 8.32. The van der Waals surface area contributed by atoms with Gasteiger partial charge in [0.2, 0.25) is 0 Å². The molecule has 0 aromatic rings. The number of carboxylic acids is 1. The smallest absolute Gasteiger partial charge is 0.550 e. The zero-order chi connectivity index (χ0) is 9.56. The molecule has 1 rings (SSSR count). The monoisotopic (exact) mass is 374 g/mol. The maximum atomic E-state index is 9.02. The second-order valence-corrected chi connectivity index (χ2v) is 3.16. The predicted octanol–water partition coefficient (Wildman–Crippen LogP) is 0.125. The van der Waals surface area contributed by atoms with Crippen molar-refractivity contribution in [1.82, 2.24) is 0 Å². The van der Waals surface area contributed by atoms with Crippen LogP contribution in [0.2, 0.25) is 0 Å². The van der Waals surface area contributed by atoms with Crippen LogP contribution in [0, 0.1) is 12.3 Å². The van der Waals surface area contributed by atoms with E-state index in [0.717, 1.165) is 13.3 Å². The fraction of sp³-hybridized carbons (Fsp3) is 0.778. The molecule has 1 aliphatic rings. The Kier molecular flexibility index (Phi) is 10.9. The minimum absolute atomic E-state index is 0. The first kappa shape index (κ1) is 15.8. The van der Waals surface area contributed by atoms with Crippen molar-refractivity contribution < 1.29 is 42.7 Å². The minimum atomic E-state index is -1.08. The summed E-state index contributed by atoms with van der Waals surface area (Å²) in [5.74, 6) is -0.446. The third kappa shape index (κ3) is 12.4. The van der Waals surface area contributed by atoms with Gasteiger partial charge in [-0.2, -0.15) is 0 Å². The molecule has 72 valence electrons. The quantitative estimate of drug-likeness (QED) is 0.615. The first-order valence-corrected chi connectivity index (χ1v) is 4.23. The molecule has 1 saturated carbocycles. The number of carbonyl (C=O) groups is 1. The number of hydrogen-bond acceptors (Lipinski definition) is 3. The molecule has 3 nitrogen and oxygen atoms in total. The van der Waals surface area contributed by atoms with E-state index >= 15 is 0 Å². The van der Waals surface area contributed by atoms with Crippen molar-refractivity contribution in [3.63, 3.8) is 0 Å². The van der Waals surface area contributed by atoms with E-state index in [4.69, 9.17) is 15.0 Å². The normalized spacial score (nSPS) is 26.4. The van der Waals surface area contributed by atoms with Crippen LogP contribution >= 0.6 is 0 Å². The third-order valence-corrected chi connectivity index (χ3v) is 1.71. The van der Waals surface area contributed by atoms with Crippen molar-refractivity contribution in [2.75, 3.05) is 0 Å². The Balaban J connectivity index is 0. The largest absolute Gasteiger partial charge is 1.00 e. The molecule has 1 aliphatic carbocycles. The fourth-order valence-electron chi connectivity index (χ4n) is 1.22. The molecule has 0 aromatic carbocycles. The van der Waals surface area contributed by atoms with Crippen LogP contribution in [0.4, 0.5) is 0 Å². The van der Waals surface area contributed by atoms with Crippen LogP contribution in [-0.4, -0.2) is 17.2 Å². The Bertz CT molecular complexity index is 127. The summed E-state index contributed by atoms with van der Waals surface area (Å²) < 4.78 is 0. The number of aliphatic hydroxyl groups excluding tert-OH is 1. The van der Waals surface area contributed by atoms with Crippen molar-refractivity contribution in [3.05, 3.63) is 6.42 Å². The summed E-state index contributed by atoms with van der Waals surface area (Å²) in [6, 6.07) is 0. The van der Waals surface area contributed by atoms with Gasteiger partial charge in [-0.15, -0.1) is 0 Å². The van der Waals surface area contributed by atoms with Crippen LogP contribution in [0.15, 0.2) is 0 Å². The van der Waals surface area contributed by atoms with E-state index in [1.165, 1.54) is 12.8 Å². The molecular formula is C9H16HgO3. The van der Waals surface area contributed by atoms with Crippen molar-refractivity contribution in [1.29, 1.82) is 0 Å². The second-order valence-electron chi connectivity index (χ2n) is 3.16. The van der Waals surface area contributed by atoms with Gasteiger partial charge in [0.05, 0.1) is 6.10 Å². The molecule has 13 heavy (non-hydrogen) atoms. The van der Waals surface area contributed by atoms with Crippen LogP contribution in [0.25, 0.3) is 0 Å². The third-order valence-electron chi connectivity index (χ3n) is 1.71. The number of aliphatic carboxylic acids is 1. The van der Waals surface area contributed by atoms with Gasteiger partial charge in [0.15, 0.2) is 0 Å². The number of carboxylic acid groups (broad SMARTS) is 1. The summed E-state index contributed by atoms with van der Waals surface area (Å²) in [6.45, 7) is 3.13. The Morgan fingerprint density at radius 2 is 2.00 bits per heavy atom. The topological polar surface area (TPSA) is 60.4 Å². The molecule has 4 heteroatoms. The van der Waals surface area contributed by atoms with Crippen molar-refractivity contribution in [2.45, 2.75) is 39.2 Å². The Labute approximate surface area is 100 Å². The number of carbonyl (C=O) groups excluding carboxylic acids is 1. The molecule has 0 heterocycles. The van der Waals surface area contributed by atoms with Crippen LogP contribution in [0.5, 0.6) is 0 Å². The van der Waals surface area contributed by atoms with E-state index in [1.807, 2.05) is 6.42 Å². The maximum absolute atomic E-state index is 9.02. The molecule has 0 amide bonds. The number of hydrogen-bond donors (Lipinski definition) is 1. The van der Waals surface area contributed by atoms with Crippen LogP contribution < -0.4 is 5.11 Å². The Hall–Kier alpha value is 0.365. The summed E-state index contributed by atoms with van der Waals surface area (Å²) in [6.07, 6.45) is 5.35. The molecule has 1 fully saturated rings. The predicted molar refractivity (Wildman–Crippen MR) is 44.0 cm³/mol. The summed E-state index contributed by atoms with van der Waals surface area (Å²) in [5.41, 5.74) is 0. The molecule has 2 atom stereocenters. The summed E-state index contributed by atoms with van der Waals surface area (Å²) in [5, 5.41) is 17.9. The molecule has 0 bridgehead atoms. The van der Waals surface area contributed by atoms with Crippen LogP contribution in [-0.2, 0) is 32.5 Å². The van der Waals surface area contributed by atoms with Gasteiger partial charge in [-0.3, -0.25) is 0 Å². The number of aliphatic hydroxyl groups is 1. The van der Waals surface area contributed by atoms with Gasteiger partial charge in [0.25, 0.3) is 0 Å². The van der Waals surface area contributed by atoms with Crippen molar-refractivity contribution in [2.24, 2.45) is 5.92 Å². The summed E-state index contributed by atoms with van der Waals surface area (Å²) >= 11 is 0. The molecule has 0 aromatic heterocycles. The first-order chi connectivity index (χ1) is 5.52. The average molecular weight is 373 g/mol. The first-order valence-electron chi connectivity index (χ1n) is 4.23. The minimum Gasteiger partial charge on any atom is -0.550 e. The van der Waals surface area contributed by atoms with Gasteiger partial charge in [0.1, 0.15) is 0 Å². The van der Waals surface area contributed by atoms with E-state index in [-0.39, 0.29) is 33.8 Å². The fourth-order valence-corrected chi connectivity index (χ4v) is 1.22. The van der Waals surface area contributed by atoms with Crippen LogP contribution in [0.3, 0.4) is 0 Å². The van der Waals surface area contributed by atoms with Gasteiger partial charge < -0.3 is 15.0 Å². The van der Waals surface area contributed by atoms with E-state index < -0.39 is 5.97 Å². The Morgan fingerprint density at radius 1 is 1.54 bits per heavy atom. The molecule has 0 saturated heterocycles. The SMILES string of the molecule is CC(=O)[O-].C[C@H]1[CH][C@@H](O)CCC1.[Hg+]. The number of rotatable bonds is 0. The Morgan fingerprint density at radius 3 is 2.23 bits per heavy atom. The maximum Gasteiger partial charge on any atom is 1.00 e. The summed E-state index contributed by atoms with van der Waals surface area (Å²) in [7, 11) is 0. The van der Waals surface area contributed by atoms with Gasteiger partial charge in [0, 0.05) is 5.97 Å².